The lowest BCUT2D eigenvalue weighted by Crippen LogP contribution is -2.42. The van der Waals surface area contributed by atoms with E-state index in [1.807, 2.05) is 0 Å². The molecule has 1 fully saturated rings. The van der Waals surface area contributed by atoms with Gasteiger partial charge in [0.1, 0.15) is 5.60 Å². The molecule has 186 valence electrons. The summed E-state index contributed by atoms with van der Waals surface area (Å²) >= 11 is 0. The summed E-state index contributed by atoms with van der Waals surface area (Å²) in [6, 6.07) is 0.893. The van der Waals surface area contributed by atoms with Crippen LogP contribution < -0.4 is 10.6 Å². The quantitative estimate of drug-likeness (QED) is 0.520. The molecule has 2 rings (SSSR count). The van der Waals surface area contributed by atoms with Crippen molar-refractivity contribution in [1.82, 2.24) is 10.6 Å². The number of hydrogen-bond donors (Lipinski definition) is 2. The largest absolute Gasteiger partial charge is 0.444 e. The van der Waals surface area contributed by atoms with E-state index in [1.165, 1.54) is 0 Å². The molecule has 0 bridgehead atoms. The van der Waals surface area contributed by atoms with Crippen molar-refractivity contribution in [2.45, 2.75) is 83.9 Å². The Morgan fingerprint density at radius 3 is 2.03 bits per heavy atom. The summed E-state index contributed by atoms with van der Waals surface area (Å²) in [5, 5.41) is 5.19. The molecule has 1 aliphatic carbocycles. The van der Waals surface area contributed by atoms with E-state index in [2.05, 4.69) is 10.6 Å². The second kappa shape index (κ2) is 9.42. The lowest BCUT2D eigenvalue weighted by molar-refractivity contribution is -0.143. The Morgan fingerprint density at radius 2 is 1.58 bits per heavy atom. The Morgan fingerprint density at radius 1 is 1.03 bits per heavy atom. The van der Waals surface area contributed by atoms with Crippen LogP contribution in [0, 0.1) is 5.41 Å². The molecule has 0 heterocycles. The monoisotopic (exact) mass is 482 g/mol. The topological polar surface area (TPSA) is 67.4 Å². The number of amides is 2. The average Bonchev–Trinajstić information content (AvgIpc) is 3.07. The van der Waals surface area contributed by atoms with Crippen LogP contribution >= 0.6 is 0 Å². The number of halogens is 6. The smallest absolute Gasteiger partial charge is 0.416 e. The Balaban J connectivity index is 2.11. The predicted octanol–water partition coefficient (Wildman–Crippen LogP) is 5.81. The molecule has 2 N–H and O–H groups in total. The third-order valence-electron chi connectivity index (χ3n) is 5.59. The van der Waals surface area contributed by atoms with Crippen LogP contribution in [0.1, 0.15) is 70.1 Å². The Hall–Kier alpha value is -2.46. The summed E-state index contributed by atoms with van der Waals surface area (Å²) in [6.45, 7) is 6.41. The average molecular weight is 482 g/mol. The van der Waals surface area contributed by atoms with Crippen molar-refractivity contribution < 1.29 is 40.7 Å². The van der Waals surface area contributed by atoms with Gasteiger partial charge in [0.05, 0.1) is 16.5 Å². The summed E-state index contributed by atoms with van der Waals surface area (Å²) in [6.07, 6.45) is -8.97. The lowest BCUT2D eigenvalue weighted by Gasteiger charge is -2.27. The van der Waals surface area contributed by atoms with Gasteiger partial charge in [0.15, 0.2) is 0 Å². The third-order valence-corrected chi connectivity index (χ3v) is 5.59. The molecular formula is C22H28F6N2O3. The molecule has 0 radical (unpaired) electrons. The van der Waals surface area contributed by atoms with E-state index in [-0.39, 0.29) is 24.1 Å². The minimum absolute atomic E-state index is 0.0444. The number of benzene rings is 1. The highest BCUT2D eigenvalue weighted by Crippen LogP contribution is 2.42. The molecule has 33 heavy (non-hydrogen) atoms. The molecule has 0 saturated heterocycles. The normalized spacial score (nSPS) is 21.6. The number of nitrogens with one attached hydrogen (secondary N) is 2. The van der Waals surface area contributed by atoms with Gasteiger partial charge in [-0.15, -0.1) is 0 Å². The van der Waals surface area contributed by atoms with Gasteiger partial charge in [-0.1, -0.05) is 6.92 Å². The Bertz CT molecular complexity index is 844. The first-order chi connectivity index (χ1) is 14.9. The van der Waals surface area contributed by atoms with Gasteiger partial charge in [-0.05, 0) is 70.2 Å². The predicted molar refractivity (Wildman–Crippen MR) is 108 cm³/mol. The van der Waals surface area contributed by atoms with Crippen LogP contribution in [0.4, 0.5) is 31.1 Å². The van der Waals surface area contributed by atoms with E-state index in [0.29, 0.717) is 31.4 Å². The first-order valence-corrected chi connectivity index (χ1v) is 10.5. The SMILES string of the molecule is CCC1(C(=O)NCc2cc(C(F)(F)F)cc(C(F)(F)F)c2)CC[C@@H](NC(=O)OC(C)(C)C)C1. The summed E-state index contributed by atoms with van der Waals surface area (Å²) in [4.78, 5) is 24.9. The molecule has 5 nitrogen and oxygen atoms in total. The zero-order valence-electron chi connectivity index (χ0n) is 18.8. The van der Waals surface area contributed by atoms with Gasteiger partial charge in [-0.2, -0.15) is 26.3 Å². The fraction of sp³-hybridized carbons (Fsp3) is 0.636. The first-order valence-electron chi connectivity index (χ1n) is 10.5. The molecule has 1 saturated carbocycles. The van der Waals surface area contributed by atoms with Crippen molar-refractivity contribution in [3.8, 4) is 0 Å². The van der Waals surface area contributed by atoms with Gasteiger partial charge < -0.3 is 15.4 Å². The molecule has 0 aliphatic heterocycles. The van der Waals surface area contributed by atoms with Crippen molar-refractivity contribution in [1.29, 1.82) is 0 Å². The van der Waals surface area contributed by atoms with Crippen LogP contribution in [0.2, 0.25) is 0 Å². The number of alkyl carbamates (subject to hydrolysis) is 1. The number of hydrogen-bond acceptors (Lipinski definition) is 3. The zero-order valence-corrected chi connectivity index (χ0v) is 18.8. The maximum absolute atomic E-state index is 13.0. The summed E-state index contributed by atoms with van der Waals surface area (Å²) in [7, 11) is 0. The van der Waals surface area contributed by atoms with Crippen molar-refractivity contribution in [3.63, 3.8) is 0 Å². The Labute approximate surface area is 188 Å². The third kappa shape index (κ3) is 7.26. The molecule has 0 aromatic heterocycles. The van der Waals surface area contributed by atoms with Crippen LogP contribution in [-0.4, -0.2) is 23.6 Å². The van der Waals surface area contributed by atoms with E-state index in [1.54, 1.807) is 27.7 Å². The highest BCUT2D eigenvalue weighted by molar-refractivity contribution is 5.83. The van der Waals surface area contributed by atoms with E-state index in [0.717, 1.165) is 0 Å². The van der Waals surface area contributed by atoms with Crippen LogP contribution in [0.5, 0.6) is 0 Å². The zero-order chi connectivity index (χ0) is 25.2. The fourth-order valence-electron chi connectivity index (χ4n) is 3.90. The van der Waals surface area contributed by atoms with Gasteiger partial charge in [0.25, 0.3) is 0 Å². The van der Waals surface area contributed by atoms with Crippen LogP contribution in [0.25, 0.3) is 0 Å². The molecule has 2 atom stereocenters. The van der Waals surface area contributed by atoms with Gasteiger partial charge in [0.2, 0.25) is 5.91 Å². The minimum Gasteiger partial charge on any atom is -0.444 e. The first kappa shape index (κ1) is 26.8. The lowest BCUT2D eigenvalue weighted by atomic mass is 9.82. The van der Waals surface area contributed by atoms with Crippen LogP contribution in [-0.2, 0) is 28.4 Å². The van der Waals surface area contributed by atoms with Crippen molar-refractivity contribution in [2.75, 3.05) is 0 Å². The van der Waals surface area contributed by atoms with Gasteiger partial charge >= 0.3 is 18.4 Å². The maximum Gasteiger partial charge on any atom is 0.416 e. The molecule has 2 amide bonds. The van der Waals surface area contributed by atoms with Crippen LogP contribution in [0.15, 0.2) is 18.2 Å². The highest BCUT2D eigenvalue weighted by Gasteiger charge is 2.44. The molecule has 0 spiro atoms. The highest BCUT2D eigenvalue weighted by atomic mass is 19.4. The second-order valence-corrected chi connectivity index (χ2v) is 9.32. The van der Waals surface area contributed by atoms with Crippen molar-refractivity contribution in [2.24, 2.45) is 5.41 Å². The van der Waals surface area contributed by atoms with Gasteiger partial charge in [0, 0.05) is 12.6 Å². The summed E-state index contributed by atoms with van der Waals surface area (Å²) in [5.74, 6) is -0.482. The van der Waals surface area contributed by atoms with Crippen LogP contribution in [0.3, 0.4) is 0 Å². The van der Waals surface area contributed by atoms with Gasteiger partial charge in [-0.3, -0.25) is 4.79 Å². The van der Waals surface area contributed by atoms with E-state index in [9.17, 15) is 35.9 Å². The number of ether oxygens (including phenoxy) is 1. The number of alkyl halides is 6. The van der Waals surface area contributed by atoms with E-state index in [4.69, 9.17) is 4.74 Å². The van der Waals surface area contributed by atoms with Crippen molar-refractivity contribution in [3.05, 3.63) is 34.9 Å². The summed E-state index contributed by atoms with van der Waals surface area (Å²) in [5.41, 5.74) is -4.77. The van der Waals surface area contributed by atoms with Crippen molar-refractivity contribution >= 4 is 12.0 Å². The number of carbonyl (C=O) groups excluding carboxylic acids is 2. The molecule has 1 aromatic carbocycles. The fourth-order valence-corrected chi connectivity index (χ4v) is 3.90. The molecule has 1 aliphatic rings. The van der Waals surface area contributed by atoms with Gasteiger partial charge in [-0.25, -0.2) is 4.79 Å². The Kier molecular flexibility index (Phi) is 7.65. The maximum atomic E-state index is 13.0. The second-order valence-electron chi connectivity index (χ2n) is 9.32. The minimum atomic E-state index is -4.96. The van der Waals surface area contributed by atoms with E-state index < -0.39 is 53.0 Å². The molecular weight excluding hydrogens is 454 g/mol. The molecule has 1 aromatic rings. The van der Waals surface area contributed by atoms with E-state index >= 15 is 0 Å². The molecule has 11 heteroatoms. The number of rotatable bonds is 5. The standard InChI is InChI=1S/C22H28F6N2O3/c1-5-20(7-6-16(11-20)30-18(32)33-19(2,3)4)17(31)29-12-13-8-14(21(23,24)25)10-15(9-13)22(26,27)28/h8-10,16H,5-7,11-12H2,1-4H3,(H,29,31)(H,30,32)/t16-,20?/m1/s1. The summed E-state index contributed by atoms with van der Waals surface area (Å²) < 4.78 is 83.5. The molecule has 1 unspecified atom stereocenters. The number of carbonyl (C=O) groups is 2.